The summed E-state index contributed by atoms with van der Waals surface area (Å²) in [5.74, 6) is 2.83. The molecule has 0 radical (unpaired) electrons. The topological polar surface area (TPSA) is 103 Å². The summed E-state index contributed by atoms with van der Waals surface area (Å²) in [6, 6.07) is 9.06. The van der Waals surface area contributed by atoms with E-state index in [1.54, 1.807) is 26.5 Å². The van der Waals surface area contributed by atoms with Crippen LogP contribution in [0.3, 0.4) is 0 Å². The maximum Gasteiger partial charge on any atom is 0.259 e. The van der Waals surface area contributed by atoms with Gasteiger partial charge in [-0.05, 0) is 30.2 Å². The van der Waals surface area contributed by atoms with Gasteiger partial charge in [-0.2, -0.15) is 4.98 Å². The molecule has 1 unspecified atom stereocenters. The molecule has 0 saturated carbocycles. The van der Waals surface area contributed by atoms with E-state index in [2.05, 4.69) is 20.4 Å². The van der Waals surface area contributed by atoms with E-state index >= 15 is 0 Å². The van der Waals surface area contributed by atoms with Gasteiger partial charge in [-0.3, -0.25) is 0 Å². The van der Waals surface area contributed by atoms with Crippen molar-refractivity contribution in [1.82, 2.24) is 15.1 Å². The first-order valence-electron chi connectivity index (χ1n) is 8.96. The Balaban J connectivity index is 1.83. The van der Waals surface area contributed by atoms with Crippen LogP contribution in [0.25, 0.3) is 22.8 Å². The predicted octanol–water partition coefficient (Wildman–Crippen LogP) is 3.24. The number of para-hydroxylation sites is 1. The summed E-state index contributed by atoms with van der Waals surface area (Å²) in [4.78, 5) is 8.83. The van der Waals surface area contributed by atoms with Crippen molar-refractivity contribution in [2.75, 3.05) is 26.1 Å². The highest BCUT2D eigenvalue weighted by atomic mass is 16.5. The summed E-state index contributed by atoms with van der Waals surface area (Å²) < 4.78 is 16.1. The number of aliphatic hydroxyl groups is 1. The standard InChI is InChI=1S/C20H24N4O4/c1-12(2)15(11-25)22-17-9-8-13(10-21-17)20-23-19(24-28-20)14-6-5-7-16(26-3)18(14)27-4/h5-10,12,15,25H,11H2,1-4H3,(H,21,22). The zero-order chi connectivity index (χ0) is 20.1. The van der Waals surface area contributed by atoms with E-state index in [0.717, 1.165) is 0 Å². The van der Waals surface area contributed by atoms with Gasteiger partial charge in [0.05, 0.1) is 38.0 Å². The number of benzene rings is 1. The van der Waals surface area contributed by atoms with E-state index < -0.39 is 0 Å². The van der Waals surface area contributed by atoms with E-state index in [4.69, 9.17) is 14.0 Å². The lowest BCUT2D eigenvalue weighted by molar-refractivity contribution is 0.249. The molecule has 0 fully saturated rings. The minimum Gasteiger partial charge on any atom is -0.493 e. The van der Waals surface area contributed by atoms with Gasteiger partial charge in [0, 0.05) is 6.20 Å². The zero-order valence-corrected chi connectivity index (χ0v) is 16.3. The minimum absolute atomic E-state index is 0.0382. The number of pyridine rings is 1. The Morgan fingerprint density at radius 2 is 1.96 bits per heavy atom. The Morgan fingerprint density at radius 3 is 2.57 bits per heavy atom. The van der Waals surface area contributed by atoms with Crippen molar-refractivity contribution in [2.24, 2.45) is 5.92 Å². The Bertz CT molecular complexity index is 909. The fourth-order valence-corrected chi connectivity index (χ4v) is 2.73. The highest BCUT2D eigenvalue weighted by Crippen LogP contribution is 2.37. The summed E-state index contributed by atoms with van der Waals surface area (Å²) in [5, 5.41) is 16.7. The second-order valence-electron chi connectivity index (χ2n) is 6.57. The van der Waals surface area contributed by atoms with Crippen LogP contribution in [0.5, 0.6) is 11.5 Å². The normalized spacial score (nSPS) is 12.1. The molecule has 2 N–H and O–H groups in total. The number of methoxy groups -OCH3 is 2. The van der Waals surface area contributed by atoms with Gasteiger partial charge in [0.2, 0.25) is 5.82 Å². The molecule has 0 bridgehead atoms. The van der Waals surface area contributed by atoms with Crippen molar-refractivity contribution in [1.29, 1.82) is 0 Å². The van der Waals surface area contributed by atoms with Crippen molar-refractivity contribution < 1.29 is 19.1 Å². The van der Waals surface area contributed by atoms with Crippen LogP contribution < -0.4 is 14.8 Å². The molecule has 0 saturated heterocycles. The smallest absolute Gasteiger partial charge is 0.259 e. The van der Waals surface area contributed by atoms with Crippen molar-refractivity contribution in [3.05, 3.63) is 36.5 Å². The van der Waals surface area contributed by atoms with Gasteiger partial charge in [-0.15, -0.1) is 0 Å². The molecule has 3 rings (SSSR count). The van der Waals surface area contributed by atoms with Crippen molar-refractivity contribution >= 4 is 5.82 Å². The van der Waals surface area contributed by atoms with Crippen LogP contribution in [-0.4, -0.2) is 47.1 Å². The lowest BCUT2D eigenvalue weighted by Gasteiger charge is -2.20. The van der Waals surface area contributed by atoms with Crippen LogP contribution in [0, 0.1) is 5.92 Å². The molecule has 2 aromatic heterocycles. The van der Waals surface area contributed by atoms with Crippen LogP contribution >= 0.6 is 0 Å². The number of anilines is 1. The molecule has 1 aromatic carbocycles. The summed E-state index contributed by atoms with van der Waals surface area (Å²) in [6.07, 6.45) is 1.65. The monoisotopic (exact) mass is 384 g/mol. The maximum absolute atomic E-state index is 9.44. The fraction of sp³-hybridized carbons (Fsp3) is 0.350. The van der Waals surface area contributed by atoms with Crippen molar-refractivity contribution in [2.45, 2.75) is 19.9 Å². The van der Waals surface area contributed by atoms with Gasteiger partial charge in [-0.25, -0.2) is 4.98 Å². The number of nitrogens with zero attached hydrogens (tertiary/aromatic N) is 3. The highest BCUT2D eigenvalue weighted by Gasteiger charge is 2.18. The Labute approximate surface area is 163 Å². The second kappa shape index (κ2) is 8.71. The maximum atomic E-state index is 9.44. The lowest BCUT2D eigenvalue weighted by Crippen LogP contribution is -2.29. The van der Waals surface area contributed by atoms with Crippen molar-refractivity contribution in [3.63, 3.8) is 0 Å². The van der Waals surface area contributed by atoms with E-state index in [0.29, 0.717) is 40.2 Å². The predicted molar refractivity (Wildman–Crippen MR) is 105 cm³/mol. The van der Waals surface area contributed by atoms with E-state index in [-0.39, 0.29) is 18.6 Å². The van der Waals surface area contributed by atoms with E-state index in [9.17, 15) is 5.11 Å². The Kier molecular flexibility index (Phi) is 6.10. The molecule has 2 heterocycles. The summed E-state index contributed by atoms with van der Waals surface area (Å²) in [6.45, 7) is 4.11. The average molecular weight is 384 g/mol. The number of ether oxygens (including phenoxy) is 2. The minimum atomic E-state index is -0.0612. The molecular formula is C20H24N4O4. The van der Waals surface area contributed by atoms with Gasteiger partial charge < -0.3 is 24.4 Å². The SMILES string of the molecule is COc1cccc(-c2noc(-c3ccc(NC(CO)C(C)C)nc3)n2)c1OC. The van der Waals surface area contributed by atoms with Crippen molar-refractivity contribution in [3.8, 4) is 34.3 Å². The molecular weight excluding hydrogens is 360 g/mol. The Morgan fingerprint density at radius 1 is 1.14 bits per heavy atom. The third-order valence-electron chi connectivity index (χ3n) is 4.42. The summed E-state index contributed by atoms with van der Waals surface area (Å²) in [5.41, 5.74) is 1.36. The third-order valence-corrected chi connectivity index (χ3v) is 4.42. The Hall–Kier alpha value is -3.13. The van der Waals surface area contributed by atoms with Gasteiger partial charge in [0.25, 0.3) is 5.89 Å². The van der Waals surface area contributed by atoms with Crippen LogP contribution in [0.1, 0.15) is 13.8 Å². The van der Waals surface area contributed by atoms with Gasteiger partial charge in [0.1, 0.15) is 5.82 Å². The molecule has 28 heavy (non-hydrogen) atoms. The first-order chi connectivity index (χ1) is 13.6. The molecule has 0 spiro atoms. The van der Waals surface area contributed by atoms with Crippen LogP contribution in [0.2, 0.25) is 0 Å². The first-order valence-corrected chi connectivity index (χ1v) is 8.96. The molecule has 8 heteroatoms. The molecule has 0 aliphatic heterocycles. The third kappa shape index (κ3) is 4.07. The number of nitrogens with one attached hydrogen (secondary N) is 1. The van der Waals surface area contributed by atoms with Gasteiger partial charge >= 0.3 is 0 Å². The number of rotatable bonds is 8. The van der Waals surface area contributed by atoms with Gasteiger partial charge in [0.15, 0.2) is 11.5 Å². The number of hydrogen-bond acceptors (Lipinski definition) is 8. The number of aromatic nitrogens is 3. The fourth-order valence-electron chi connectivity index (χ4n) is 2.73. The molecule has 1 atom stereocenters. The van der Waals surface area contributed by atoms with Crippen LogP contribution in [-0.2, 0) is 0 Å². The summed E-state index contributed by atoms with van der Waals surface area (Å²) >= 11 is 0. The molecule has 8 nitrogen and oxygen atoms in total. The van der Waals surface area contributed by atoms with Crippen LogP contribution in [0.15, 0.2) is 41.1 Å². The molecule has 3 aromatic rings. The molecule has 0 aliphatic rings. The molecule has 148 valence electrons. The van der Waals surface area contributed by atoms with Crippen LogP contribution in [0.4, 0.5) is 5.82 Å². The highest BCUT2D eigenvalue weighted by molar-refractivity contribution is 5.69. The number of hydrogen-bond donors (Lipinski definition) is 2. The number of aliphatic hydroxyl groups excluding tert-OH is 1. The largest absolute Gasteiger partial charge is 0.493 e. The molecule has 0 amide bonds. The summed E-state index contributed by atoms with van der Waals surface area (Å²) in [7, 11) is 3.14. The molecule has 0 aliphatic carbocycles. The average Bonchev–Trinajstić information content (AvgIpc) is 3.21. The van der Waals surface area contributed by atoms with E-state index in [1.807, 2.05) is 38.1 Å². The first kappa shape index (κ1) is 19.6. The zero-order valence-electron chi connectivity index (χ0n) is 16.3. The van der Waals surface area contributed by atoms with E-state index in [1.165, 1.54) is 0 Å². The lowest BCUT2D eigenvalue weighted by atomic mass is 10.1. The quantitative estimate of drug-likeness (QED) is 0.610. The second-order valence-corrected chi connectivity index (χ2v) is 6.57. The van der Waals surface area contributed by atoms with Gasteiger partial charge in [-0.1, -0.05) is 25.1 Å².